The van der Waals surface area contributed by atoms with Gasteiger partial charge >= 0.3 is 11.8 Å². The molecule has 1 N–H and O–H groups in total. The first kappa shape index (κ1) is 20.8. The fourth-order valence-electron chi connectivity index (χ4n) is 3.91. The molecule has 0 radical (unpaired) electrons. The topological polar surface area (TPSA) is 129 Å². The third-order valence-electron chi connectivity index (χ3n) is 5.51. The number of imidazole rings is 1. The summed E-state index contributed by atoms with van der Waals surface area (Å²) < 4.78 is 9.55. The molecular formula is C21H19N9O2S. The number of nitrogens with zero attached hydrogens (tertiary/aromatic N) is 8. The van der Waals surface area contributed by atoms with Gasteiger partial charge in [-0.05, 0) is 25.5 Å². The van der Waals surface area contributed by atoms with Crippen molar-refractivity contribution in [3.05, 3.63) is 77.9 Å². The van der Waals surface area contributed by atoms with Crippen molar-refractivity contribution in [1.82, 2.24) is 40.0 Å². The number of H-pyrrole nitrogens is 1. The van der Waals surface area contributed by atoms with Gasteiger partial charge in [-0.25, -0.2) is 15.0 Å². The van der Waals surface area contributed by atoms with Crippen LogP contribution in [0.3, 0.4) is 0 Å². The van der Waals surface area contributed by atoms with Gasteiger partial charge in [0.15, 0.2) is 0 Å². The van der Waals surface area contributed by atoms with Crippen LogP contribution in [0.1, 0.15) is 41.5 Å². The molecule has 0 saturated heterocycles. The highest BCUT2D eigenvalue weighted by molar-refractivity contribution is 7.47. The van der Waals surface area contributed by atoms with Crippen molar-refractivity contribution < 1.29 is 9.21 Å². The molecule has 1 amide bonds. The molecule has 0 aliphatic carbocycles. The van der Waals surface area contributed by atoms with Crippen molar-refractivity contribution in [3.8, 4) is 11.6 Å². The Morgan fingerprint density at radius 2 is 2.27 bits per heavy atom. The molecule has 0 bridgehead atoms. The van der Waals surface area contributed by atoms with E-state index in [9.17, 15) is 4.79 Å². The van der Waals surface area contributed by atoms with E-state index in [-0.39, 0.29) is 23.7 Å². The van der Waals surface area contributed by atoms with Gasteiger partial charge in [0.1, 0.15) is 5.69 Å². The lowest BCUT2D eigenvalue weighted by molar-refractivity contribution is 0.0616. The van der Waals surface area contributed by atoms with Gasteiger partial charge < -0.3 is 14.3 Å². The van der Waals surface area contributed by atoms with Gasteiger partial charge in [-0.1, -0.05) is 16.6 Å². The van der Waals surface area contributed by atoms with Crippen LogP contribution in [0.2, 0.25) is 0 Å². The van der Waals surface area contributed by atoms with Crippen LogP contribution >= 0.6 is 0 Å². The molecular weight excluding hydrogens is 442 g/mol. The fourth-order valence-corrected chi connectivity index (χ4v) is 4.13. The third kappa shape index (κ3) is 3.96. The van der Waals surface area contributed by atoms with Crippen LogP contribution < -0.4 is 0 Å². The Bertz CT molecular complexity index is 1280. The zero-order valence-electron chi connectivity index (χ0n) is 17.6. The van der Waals surface area contributed by atoms with Crippen LogP contribution in [0, 0.1) is 0 Å². The second-order valence-electron chi connectivity index (χ2n) is 7.46. The normalized spacial score (nSPS) is 18.9. The highest BCUT2D eigenvalue weighted by Crippen LogP contribution is 2.33. The number of carbonyl (C=O) groups excluding carboxylic acids is 1. The molecule has 2 aliphatic heterocycles. The number of amides is 1. The molecule has 2 aliphatic rings. The second kappa shape index (κ2) is 8.82. The highest BCUT2D eigenvalue weighted by atomic mass is 32.1. The van der Waals surface area contributed by atoms with E-state index in [0.29, 0.717) is 25.1 Å². The molecule has 5 rings (SSSR count). The number of carbonyl (C=O) groups is 1. The molecule has 0 spiro atoms. The molecule has 11 nitrogen and oxygen atoms in total. The number of allylic oxidation sites excluding steroid dienone is 4. The average molecular weight is 462 g/mol. The monoisotopic (exact) mass is 461 g/mol. The number of hydrogen-bond donors (Lipinski definition) is 1. The minimum absolute atomic E-state index is 0.106. The van der Waals surface area contributed by atoms with Crippen molar-refractivity contribution in [2.24, 2.45) is 4.47 Å². The summed E-state index contributed by atoms with van der Waals surface area (Å²) in [5.41, 5.74) is 3.97. The van der Waals surface area contributed by atoms with E-state index in [2.05, 4.69) is 34.6 Å². The van der Waals surface area contributed by atoms with Crippen LogP contribution in [0.15, 0.2) is 69.5 Å². The lowest BCUT2D eigenvalue weighted by atomic mass is 9.98. The van der Waals surface area contributed by atoms with E-state index in [1.165, 1.54) is 12.4 Å². The van der Waals surface area contributed by atoms with E-state index in [4.69, 9.17) is 16.8 Å². The standard InChI is InChI=1S/C21H19N9O2S/c1-13-3-2-4-14(30(13)28-33)5-6-17-18-15(24-12-25-18)7-10-29(17)21(31)20-27-26-19(32-20)16-11-22-8-9-23-16/h2-5,8-9,11-12,17H,6-7,10H2,1H3,(H,24,25)/b14-5-/t17-/m0/s1. The smallest absolute Gasteiger partial charge is 0.312 e. The van der Waals surface area contributed by atoms with Crippen molar-refractivity contribution in [1.29, 1.82) is 0 Å². The Labute approximate surface area is 194 Å². The van der Waals surface area contributed by atoms with E-state index < -0.39 is 0 Å². The Morgan fingerprint density at radius 1 is 1.36 bits per heavy atom. The molecule has 0 fully saturated rings. The van der Waals surface area contributed by atoms with Crippen LogP contribution in [0.4, 0.5) is 0 Å². The summed E-state index contributed by atoms with van der Waals surface area (Å²) in [6.45, 7) is 2.41. The molecule has 0 unspecified atom stereocenters. The minimum atomic E-state index is -0.366. The van der Waals surface area contributed by atoms with Crippen LogP contribution in [-0.4, -0.2) is 52.5 Å². The lowest BCUT2D eigenvalue weighted by Crippen LogP contribution is -2.40. The summed E-state index contributed by atoms with van der Waals surface area (Å²) in [4.78, 5) is 30.9. The van der Waals surface area contributed by atoms with Gasteiger partial charge in [-0.3, -0.25) is 9.78 Å². The fraction of sp³-hybridized carbons (Fsp3) is 0.238. The van der Waals surface area contributed by atoms with Crippen LogP contribution in [-0.2, 0) is 18.8 Å². The molecule has 12 heteroatoms. The molecule has 3 aromatic rings. The van der Waals surface area contributed by atoms with Gasteiger partial charge in [0, 0.05) is 36.8 Å². The first-order chi connectivity index (χ1) is 16.2. The first-order valence-corrected chi connectivity index (χ1v) is 10.6. The molecule has 166 valence electrons. The predicted octanol–water partition coefficient (Wildman–Crippen LogP) is 2.68. The average Bonchev–Trinajstić information content (AvgIpc) is 3.53. The van der Waals surface area contributed by atoms with Crippen molar-refractivity contribution in [2.45, 2.75) is 25.8 Å². The summed E-state index contributed by atoms with van der Waals surface area (Å²) in [6.07, 6.45) is 15.1. The zero-order chi connectivity index (χ0) is 22.8. The highest BCUT2D eigenvalue weighted by Gasteiger charge is 2.35. The predicted molar refractivity (Wildman–Crippen MR) is 119 cm³/mol. The van der Waals surface area contributed by atoms with Gasteiger partial charge in [0.2, 0.25) is 0 Å². The Hall–Kier alpha value is -4.06. The number of rotatable bonds is 5. The molecule has 1 atom stereocenters. The van der Waals surface area contributed by atoms with E-state index in [1.807, 2.05) is 31.2 Å². The van der Waals surface area contributed by atoms with Crippen molar-refractivity contribution >= 4 is 18.3 Å². The van der Waals surface area contributed by atoms with Gasteiger partial charge in [0.05, 0.1) is 42.4 Å². The number of aromatic nitrogens is 6. The second-order valence-corrected chi connectivity index (χ2v) is 7.62. The summed E-state index contributed by atoms with van der Waals surface area (Å²) in [6, 6.07) is -0.321. The van der Waals surface area contributed by atoms with Gasteiger partial charge in [-0.15, -0.1) is 10.2 Å². The summed E-state index contributed by atoms with van der Waals surface area (Å²) >= 11 is 4.93. The summed E-state index contributed by atoms with van der Waals surface area (Å²) in [5, 5.41) is 9.60. The molecule has 0 saturated carbocycles. The maximum atomic E-state index is 13.4. The maximum Gasteiger partial charge on any atom is 0.312 e. The molecule has 0 aromatic carbocycles. The number of nitrogens with one attached hydrogen (secondary N) is 1. The zero-order valence-corrected chi connectivity index (χ0v) is 18.4. The lowest BCUT2D eigenvalue weighted by Gasteiger charge is -2.34. The Balaban J connectivity index is 1.43. The maximum absolute atomic E-state index is 13.4. The quantitative estimate of drug-likeness (QED) is 0.609. The van der Waals surface area contributed by atoms with E-state index in [1.54, 1.807) is 22.4 Å². The minimum Gasteiger partial charge on any atom is -0.411 e. The Morgan fingerprint density at radius 3 is 3.09 bits per heavy atom. The summed E-state index contributed by atoms with van der Waals surface area (Å²) in [7, 11) is 0. The third-order valence-corrected chi connectivity index (χ3v) is 5.68. The van der Waals surface area contributed by atoms with E-state index in [0.717, 1.165) is 22.8 Å². The number of hydrogen-bond acceptors (Lipinski definition) is 9. The summed E-state index contributed by atoms with van der Waals surface area (Å²) in [5.74, 6) is -0.333. The van der Waals surface area contributed by atoms with Gasteiger partial charge in [-0.2, -0.15) is 0 Å². The number of aromatic amines is 1. The van der Waals surface area contributed by atoms with Crippen LogP contribution in [0.25, 0.3) is 11.6 Å². The Kier molecular flexibility index (Phi) is 5.57. The molecule has 3 aromatic heterocycles. The van der Waals surface area contributed by atoms with Crippen LogP contribution in [0.5, 0.6) is 0 Å². The first-order valence-electron chi connectivity index (χ1n) is 10.3. The van der Waals surface area contributed by atoms with Crippen molar-refractivity contribution in [3.63, 3.8) is 0 Å². The molecule has 33 heavy (non-hydrogen) atoms. The van der Waals surface area contributed by atoms with Crippen molar-refractivity contribution in [2.75, 3.05) is 6.54 Å². The van der Waals surface area contributed by atoms with Gasteiger partial charge in [0.25, 0.3) is 5.89 Å². The number of fused-ring (bicyclic) bond motifs is 1. The largest absolute Gasteiger partial charge is 0.411 e. The molecule has 5 heterocycles. The SMILES string of the molecule is CC1=CC=C/C(=C/C[C@H]2c3nc[nH]c3CCN2C(=O)c2nnc(-c3cnccn3)o2)N1N=S. The van der Waals surface area contributed by atoms with E-state index >= 15 is 0 Å².